The highest BCUT2D eigenvalue weighted by atomic mass is 19.1. The summed E-state index contributed by atoms with van der Waals surface area (Å²) in [6.45, 7) is 0.625. The van der Waals surface area contributed by atoms with Crippen LogP contribution in [0.4, 0.5) is 9.18 Å². The Morgan fingerprint density at radius 1 is 1.50 bits per heavy atom. The average molecular weight is 310 g/mol. The summed E-state index contributed by atoms with van der Waals surface area (Å²) in [5, 5.41) is 11.5. The lowest BCUT2D eigenvalue weighted by Crippen LogP contribution is -2.40. The molecule has 1 unspecified atom stereocenters. The van der Waals surface area contributed by atoms with Gasteiger partial charge < -0.3 is 20.1 Å². The third kappa shape index (κ3) is 4.09. The molecule has 2 N–H and O–H groups in total. The van der Waals surface area contributed by atoms with E-state index < -0.39 is 5.97 Å². The van der Waals surface area contributed by atoms with Crippen molar-refractivity contribution < 1.29 is 23.8 Å². The standard InChI is InChI=1S/C15H19FN2O4/c1-18(7-6-14(19)20)15(21)17-12-3-2-8-22-13-5-4-10(16)9-11(12)13/h4-5,9,12H,2-3,6-8H2,1H3,(H,17,21)(H,19,20). The van der Waals surface area contributed by atoms with Crippen molar-refractivity contribution in [1.29, 1.82) is 0 Å². The van der Waals surface area contributed by atoms with Gasteiger partial charge in [-0.1, -0.05) is 0 Å². The van der Waals surface area contributed by atoms with Gasteiger partial charge in [0.1, 0.15) is 11.6 Å². The number of amides is 2. The van der Waals surface area contributed by atoms with Crippen molar-refractivity contribution in [2.75, 3.05) is 20.2 Å². The van der Waals surface area contributed by atoms with Crippen LogP contribution in [0.1, 0.15) is 30.9 Å². The van der Waals surface area contributed by atoms with Crippen LogP contribution in [0.15, 0.2) is 18.2 Å². The molecule has 0 saturated carbocycles. The summed E-state index contributed by atoms with van der Waals surface area (Å²) in [5.74, 6) is -0.782. The predicted molar refractivity (Wildman–Crippen MR) is 77.3 cm³/mol. The molecule has 7 heteroatoms. The van der Waals surface area contributed by atoms with E-state index in [9.17, 15) is 14.0 Å². The Kier molecular flexibility index (Phi) is 5.19. The molecular weight excluding hydrogens is 291 g/mol. The van der Waals surface area contributed by atoms with Gasteiger partial charge >= 0.3 is 12.0 Å². The number of carbonyl (C=O) groups is 2. The fourth-order valence-corrected chi connectivity index (χ4v) is 2.32. The Morgan fingerprint density at radius 3 is 3.00 bits per heavy atom. The number of nitrogens with one attached hydrogen (secondary N) is 1. The molecule has 2 amide bonds. The smallest absolute Gasteiger partial charge is 0.317 e. The molecule has 0 saturated heterocycles. The highest BCUT2D eigenvalue weighted by Crippen LogP contribution is 2.32. The fraction of sp³-hybridized carbons (Fsp3) is 0.467. The number of hydrogen-bond acceptors (Lipinski definition) is 3. The van der Waals surface area contributed by atoms with E-state index in [1.165, 1.54) is 24.1 Å². The molecule has 1 aliphatic heterocycles. The highest BCUT2D eigenvalue weighted by molar-refractivity contribution is 5.75. The second-order valence-corrected chi connectivity index (χ2v) is 5.24. The van der Waals surface area contributed by atoms with Gasteiger partial charge in [-0.25, -0.2) is 9.18 Å². The van der Waals surface area contributed by atoms with Crippen molar-refractivity contribution in [2.24, 2.45) is 0 Å². The zero-order valence-electron chi connectivity index (χ0n) is 12.3. The highest BCUT2D eigenvalue weighted by Gasteiger charge is 2.23. The number of rotatable bonds is 4. The van der Waals surface area contributed by atoms with Gasteiger partial charge in [-0.3, -0.25) is 4.79 Å². The van der Waals surface area contributed by atoms with E-state index in [2.05, 4.69) is 5.32 Å². The normalized spacial score (nSPS) is 16.9. The SMILES string of the molecule is CN(CCC(=O)O)C(=O)NC1CCCOc2ccc(F)cc21. The van der Waals surface area contributed by atoms with E-state index in [1.807, 2.05) is 0 Å². The molecule has 1 aliphatic rings. The number of fused-ring (bicyclic) bond motifs is 1. The van der Waals surface area contributed by atoms with Crippen LogP contribution < -0.4 is 10.1 Å². The molecule has 1 heterocycles. The van der Waals surface area contributed by atoms with Crippen molar-refractivity contribution >= 4 is 12.0 Å². The molecule has 2 rings (SSSR count). The Hall–Kier alpha value is -2.31. The second kappa shape index (κ2) is 7.11. The van der Waals surface area contributed by atoms with E-state index in [0.717, 1.165) is 6.42 Å². The lowest BCUT2D eigenvalue weighted by atomic mass is 10.0. The maximum absolute atomic E-state index is 13.5. The summed E-state index contributed by atoms with van der Waals surface area (Å²) in [7, 11) is 1.53. The Bertz CT molecular complexity index is 564. The lowest BCUT2D eigenvalue weighted by Gasteiger charge is -2.23. The number of hydrogen-bond donors (Lipinski definition) is 2. The number of nitrogens with zero attached hydrogens (tertiary/aromatic N) is 1. The van der Waals surface area contributed by atoms with Gasteiger partial charge in [-0.2, -0.15) is 0 Å². The first kappa shape index (κ1) is 16.1. The maximum Gasteiger partial charge on any atom is 0.317 e. The summed E-state index contributed by atoms with van der Waals surface area (Å²) in [4.78, 5) is 24.0. The minimum Gasteiger partial charge on any atom is -0.493 e. The quantitative estimate of drug-likeness (QED) is 0.893. The minimum atomic E-state index is -0.963. The number of carbonyl (C=O) groups excluding carboxylic acids is 1. The molecule has 120 valence electrons. The van der Waals surface area contributed by atoms with Gasteiger partial charge in [0.2, 0.25) is 0 Å². The zero-order valence-corrected chi connectivity index (χ0v) is 12.3. The first-order chi connectivity index (χ1) is 10.5. The van der Waals surface area contributed by atoms with Crippen LogP contribution in [-0.4, -0.2) is 42.2 Å². The number of carboxylic acids is 1. The molecule has 1 aromatic rings. The molecule has 0 fully saturated rings. The Morgan fingerprint density at radius 2 is 2.27 bits per heavy atom. The van der Waals surface area contributed by atoms with Crippen molar-refractivity contribution in [3.8, 4) is 5.75 Å². The molecule has 0 spiro atoms. The maximum atomic E-state index is 13.5. The summed E-state index contributed by atoms with van der Waals surface area (Å²) in [6, 6.07) is 3.50. The van der Waals surface area contributed by atoms with Gasteiger partial charge in [0.05, 0.1) is 19.1 Å². The minimum absolute atomic E-state index is 0.112. The number of benzene rings is 1. The summed E-state index contributed by atoms with van der Waals surface area (Å²) >= 11 is 0. The van der Waals surface area contributed by atoms with Crippen LogP contribution in [0.5, 0.6) is 5.75 Å². The van der Waals surface area contributed by atoms with E-state index in [1.54, 1.807) is 6.07 Å². The lowest BCUT2D eigenvalue weighted by molar-refractivity contribution is -0.137. The first-order valence-electron chi connectivity index (χ1n) is 7.13. The van der Waals surface area contributed by atoms with Gasteiger partial charge in [-0.15, -0.1) is 0 Å². The second-order valence-electron chi connectivity index (χ2n) is 5.24. The van der Waals surface area contributed by atoms with Crippen LogP contribution in [0.3, 0.4) is 0 Å². The van der Waals surface area contributed by atoms with Gasteiger partial charge in [-0.05, 0) is 31.0 Å². The Balaban J connectivity index is 2.07. The van der Waals surface area contributed by atoms with E-state index in [-0.39, 0.29) is 30.9 Å². The van der Waals surface area contributed by atoms with Crippen LogP contribution in [0.2, 0.25) is 0 Å². The third-order valence-electron chi connectivity index (χ3n) is 3.55. The number of ether oxygens (including phenoxy) is 1. The Labute approximate surface area is 127 Å². The molecular formula is C15H19FN2O4. The van der Waals surface area contributed by atoms with Crippen molar-refractivity contribution in [1.82, 2.24) is 10.2 Å². The monoisotopic (exact) mass is 310 g/mol. The average Bonchev–Trinajstić information content (AvgIpc) is 2.67. The van der Waals surface area contributed by atoms with Gasteiger partial charge in [0, 0.05) is 19.2 Å². The largest absolute Gasteiger partial charge is 0.493 e. The summed E-state index contributed by atoms with van der Waals surface area (Å²) in [6.07, 6.45) is 1.25. The number of carboxylic acid groups (broad SMARTS) is 1. The molecule has 6 nitrogen and oxygen atoms in total. The van der Waals surface area contributed by atoms with Gasteiger partial charge in [0.25, 0.3) is 0 Å². The van der Waals surface area contributed by atoms with Gasteiger partial charge in [0.15, 0.2) is 0 Å². The van der Waals surface area contributed by atoms with E-state index >= 15 is 0 Å². The van der Waals surface area contributed by atoms with Crippen molar-refractivity contribution in [3.63, 3.8) is 0 Å². The molecule has 0 bridgehead atoms. The van der Waals surface area contributed by atoms with E-state index in [0.29, 0.717) is 24.3 Å². The van der Waals surface area contributed by atoms with E-state index in [4.69, 9.17) is 9.84 Å². The van der Waals surface area contributed by atoms with Crippen LogP contribution in [-0.2, 0) is 4.79 Å². The third-order valence-corrected chi connectivity index (χ3v) is 3.55. The summed E-state index contributed by atoms with van der Waals surface area (Å²) in [5.41, 5.74) is 0.609. The van der Waals surface area contributed by atoms with Crippen LogP contribution in [0.25, 0.3) is 0 Å². The first-order valence-corrected chi connectivity index (χ1v) is 7.13. The molecule has 0 aliphatic carbocycles. The number of urea groups is 1. The molecule has 1 aromatic carbocycles. The number of aliphatic carboxylic acids is 1. The van der Waals surface area contributed by atoms with Crippen LogP contribution in [0, 0.1) is 5.82 Å². The number of halogens is 1. The fourth-order valence-electron chi connectivity index (χ4n) is 2.32. The molecule has 1 atom stereocenters. The van der Waals surface area contributed by atoms with Crippen molar-refractivity contribution in [2.45, 2.75) is 25.3 Å². The molecule has 0 aromatic heterocycles. The summed E-state index contributed by atoms with van der Waals surface area (Å²) < 4.78 is 19.0. The van der Waals surface area contributed by atoms with Crippen molar-refractivity contribution in [3.05, 3.63) is 29.6 Å². The molecule has 0 radical (unpaired) electrons. The molecule has 22 heavy (non-hydrogen) atoms. The predicted octanol–water partition coefficient (Wildman–Crippen LogP) is 2.16. The van der Waals surface area contributed by atoms with Crippen LogP contribution >= 0.6 is 0 Å². The topological polar surface area (TPSA) is 78.9 Å². The zero-order chi connectivity index (χ0) is 16.1.